The van der Waals surface area contributed by atoms with Crippen molar-refractivity contribution in [3.63, 3.8) is 0 Å². The van der Waals surface area contributed by atoms with Crippen LogP contribution in [0.3, 0.4) is 0 Å². The summed E-state index contributed by atoms with van der Waals surface area (Å²) < 4.78 is 18.3. The maximum Gasteiger partial charge on any atom is 0.339 e. The van der Waals surface area contributed by atoms with Crippen molar-refractivity contribution in [2.45, 2.75) is 12.5 Å². The molecule has 2 unspecified atom stereocenters. The van der Waals surface area contributed by atoms with Crippen molar-refractivity contribution in [3.05, 3.63) is 59.4 Å². The predicted octanol–water partition coefficient (Wildman–Crippen LogP) is 2.69. The largest absolute Gasteiger partial charge is 0.496 e. The zero-order valence-corrected chi connectivity index (χ0v) is 15.3. The van der Waals surface area contributed by atoms with Gasteiger partial charge in [-0.25, -0.2) is 9.18 Å². The molecule has 28 heavy (non-hydrogen) atoms. The Labute approximate surface area is 160 Å². The Morgan fingerprint density at radius 3 is 2.50 bits per heavy atom. The van der Waals surface area contributed by atoms with E-state index in [1.54, 1.807) is 19.2 Å². The van der Waals surface area contributed by atoms with Gasteiger partial charge in [0, 0.05) is 25.2 Å². The molecule has 7 nitrogen and oxygen atoms in total. The van der Waals surface area contributed by atoms with E-state index in [1.807, 2.05) is 0 Å². The first-order chi connectivity index (χ1) is 13.3. The van der Waals surface area contributed by atoms with Gasteiger partial charge in [-0.15, -0.1) is 0 Å². The van der Waals surface area contributed by atoms with Gasteiger partial charge in [-0.3, -0.25) is 9.59 Å². The molecule has 0 radical (unpaired) electrons. The lowest BCUT2D eigenvalue weighted by Crippen LogP contribution is -2.30. The summed E-state index contributed by atoms with van der Waals surface area (Å²) in [7, 11) is 2.94. The first-order valence-corrected chi connectivity index (χ1v) is 8.55. The van der Waals surface area contributed by atoms with Crippen LogP contribution < -0.4 is 10.1 Å². The second-order valence-electron chi connectivity index (χ2n) is 6.52. The van der Waals surface area contributed by atoms with Gasteiger partial charge in [-0.2, -0.15) is 0 Å². The van der Waals surface area contributed by atoms with E-state index < -0.39 is 29.7 Å². The molecule has 0 bridgehead atoms. The van der Waals surface area contributed by atoms with Crippen LogP contribution in [0.4, 0.5) is 10.1 Å². The van der Waals surface area contributed by atoms with E-state index in [0.717, 1.165) is 0 Å². The fourth-order valence-electron chi connectivity index (χ4n) is 3.40. The van der Waals surface area contributed by atoms with Crippen molar-refractivity contribution in [1.82, 2.24) is 4.90 Å². The molecule has 0 aromatic heterocycles. The molecule has 0 aliphatic carbocycles. The van der Waals surface area contributed by atoms with E-state index in [-0.39, 0.29) is 23.6 Å². The zero-order chi connectivity index (χ0) is 20.4. The van der Waals surface area contributed by atoms with Crippen molar-refractivity contribution < 1.29 is 28.6 Å². The standard InChI is InChI=1S/C20H19FN2O5/c1-23-17(24)10-15(18(23)11-3-5-12(21)6-4-11)19(25)22-13-7-8-14(20(26)27)16(9-13)28-2/h3-9,15,18H,10H2,1-2H3,(H,22,25)(H,26,27). The maximum atomic E-state index is 13.2. The van der Waals surface area contributed by atoms with Crippen LogP contribution in [0.15, 0.2) is 42.5 Å². The number of nitrogens with zero attached hydrogens (tertiary/aromatic N) is 1. The highest BCUT2D eigenvalue weighted by atomic mass is 19.1. The third kappa shape index (κ3) is 3.66. The third-order valence-electron chi connectivity index (χ3n) is 4.83. The molecule has 1 fully saturated rings. The van der Waals surface area contributed by atoms with Crippen molar-refractivity contribution in [2.24, 2.45) is 5.92 Å². The van der Waals surface area contributed by atoms with E-state index >= 15 is 0 Å². The quantitative estimate of drug-likeness (QED) is 0.824. The zero-order valence-electron chi connectivity index (χ0n) is 15.3. The highest BCUT2D eigenvalue weighted by Gasteiger charge is 2.42. The van der Waals surface area contributed by atoms with Crippen LogP contribution in [0.25, 0.3) is 0 Å². The number of benzene rings is 2. The number of carboxylic acid groups (broad SMARTS) is 1. The molecular weight excluding hydrogens is 367 g/mol. The number of carbonyl (C=O) groups excluding carboxylic acids is 2. The number of nitrogens with one attached hydrogen (secondary N) is 1. The van der Waals surface area contributed by atoms with Crippen molar-refractivity contribution >= 4 is 23.5 Å². The minimum Gasteiger partial charge on any atom is -0.496 e. The van der Waals surface area contributed by atoms with Crippen LogP contribution >= 0.6 is 0 Å². The number of carbonyl (C=O) groups is 3. The summed E-state index contributed by atoms with van der Waals surface area (Å²) in [6.45, 7) is 0. The molecule has 1 aliphatic rings. The van der Waals surface area contributed by atoms with Crippen molar-refractivity contribution in [1.29, 1.82) is 0 Å². The lowest BCUT2D eigenvalue weighted by Gasteiger charge is -2.25. The minimum absolute atomic E-state index is 0.0225. The summed E-state index contributed by atoms with van der Waals surface area (Å²) in [6, 6.07) is 9.37. The molecule has 1 heterocycles. The molecule has 2 aromatic carbocycles. The number of carboxylic acids is 1. The van der Waals surface area contributed by atoms with Gasteiger partial charge in [-0.05, 0) is 29.8 Å². The number of likely N-dealkylation sites (tertiary alicyclic amines) is 1. The molecule has 2 aromatic rings. The summed E-state index contributed by atoms with van der Waals surface area (Å²) in [5.74, 6) is -2.69. The molecule has 146 valence electrons. The predicted molar refractivity (Wildman–Crippen MR) is 98.6 cm³/mol. The van der Waals surface area contributed by atoms with Gasteiger partial charge in [0.15, 0.2) is 0 Å². The second-order valence-corrected chi connectivity index (χ2v) is 6.52. The SMILES string of the molecule is COc1cc(NC(=O)C2CC(=O)N(C)C2c2ccc(F)cc2)ccc1C(=O)O. The fourth-order valence-corrected chi connectivity index (χ4v) is 3.40. The minimum atomic E-state index is -1.14. The van der Waals surface area contributed by atoms with Gasteiger partial charge in [0.1, 0.15) is 17.1 Å². The Morgan fingerprint density at radius 2 is 1.89 bits per heavy atom. The highest BCUT2D eigenvalue weighted by Crippen LogP contribution is 2.38. The maximum absolute atomic E-state index is 13.2. The van der Waals surface area contributed by atoms with Crippen LogP contribution in [0.5, 0.6) is 5.75 Å². The van der Waals surface area contributed by atoms with Gasteiger partial charge >= 0.3 is 5.97 Å². The molecule has 0 saturated carbocycles. The summed E-state index contributed by atoms with van der Waals surface area (Å²) in [6.07, 6.45) is 0.0225. The second kappa shape index (κ2) is 7.67. The molecule has 2 N–H and O–H groups in total. The van der Waals surface area contributed by atoms with Crippen LogP contribution in [0, 0.1) is 11.7 Å². The van der Waals surface area contributed by atoms with Crippen molar-refractivity contribution in [2.75, 3.05) is 19.5 Å². The summed E-state index contributed by atoms with van der Waals surface area (Å²) in [4.78, 5) is 37.7. The average molecular weight is 386 g/mol. The van der Waals surface area contributed by atoms with E-state index in [9.17, 15) is 18.8 Å². The molecule has 2 atom stereocenters. The average Bonchev–Trinajstić information content (AvgIpc) is 2.97. The number of ether oxygens (including phenoxy) is 1. The lowest BCUT2D eigenvalue weighted by molar-refractivity contribution is -0.128. The van der Waals surface area contributed by atoms with E-state index in [0.29, 0.717) is 11.3 Å². The Bertz CT molecular complexity index is 929. The Kier molecular flexibility index (Phi) is 5.30. The van der Waals surface area contributed by atoms with Crippen LogP contribution in [0.2, 0.25) is 0 Å². The summed E-state index contributed by atoms with van der Waals surface area (Å²) in [5, 5.41) is 11.9. The number of rotatable bonds is 5. The number of amides is 2. The Balaban J connectivity index is 1.85. The molecule has 1 saturated heterocycles. The first-order valence-electron chi connectivity index (χ1n) is 8.55. The number of anilines is 1. The van der Waals surface area contributed by atoms with Gasteiger partial charge in [0.2, 0.25) is 11.8 Å². The molecule has 0 spiro atoms. The number of halogens is 1. The normalized spacial score (nSPS) is 18.8. The highest BCUT2D eigenvalue weighted by molar-refractivity contribution is 5.99. The fraction of sp³-hybridized carbons (Fsp3) is 0.250. The van der Waals surface area contributed by atoms with Gasteiger partial charge in [0.25, 0.3) is 0 Å². The van der Waals surface area contributed by atoms with E-state index in [4.69, 9.17) is 9.84 Å². The molecule has 3 rings (SSSR count). The van der Waals surface area contributed by atoms with Crippen LogP contribution in [-0.4, -0.2) is 41.9 Å². The number of hydrogen-bond donors (Lipinski definition) is 2. The smallest absolute Gasteiger partial charge is 0.339 e. The van der Waals surface area contributed by atoms with Gasteiger partial charge in [0.05, 0.1) is 19.1 Å². The summed E-state index contributed by atoms with van der Waals surface area (Å²) >= 11 is 0. The molecule has 2 amide bonds. The van der Waals surface area contributed by atoms with Crippen molar-refractivity contribution in [3.8, 4) is 5.75 Å². The van der Waals surface area contributed by atoms with Gasteiger partial charge < -0.3 is 20.1 Å². The Morgan fingerprint density at radius 1 is 1.21 bits per heavy atom. The number of hydrogen-bond acceptors (Lipinski definition) is 4. The number of aromatic carboxylic acids is 1. The first kappa shape index (κ1) is 19.3. The van der Waals surface area contributed by atoms with Crippen LogP contribution in [0.1, 0.15) is 28.4 Å². The van der Waals surface area contributed by atoms with Crippen LogP contribution in [-0.2, 0) is 9.59 Å². The van der Waals surface area contributed by atoms with Gasteiger partial charge in [-0.1, -0.05) is 12.1 Å². The lowest BCUT2D eigenvalue weighted by atomic mass is 9.92. The number of methoxy groups -OCH3 is 1. The summed E-state index contributed by atoms with van der Waals surface area (Å²) in [5.41, 5.74) is 0.987. The monoisotopic (exact) mass is 386 g/mol. The molecular formula is C20H19FN2O5. The van der Waals surface area contributed by atoms with E-state index in [1.165, 1.54) is 42.3 Å². The molecule has 8 heteroatoms. The Hall–Kier alpha value is -3.42. The topological polar surface area (TPSA) is 95.9 Å². The van der Waals surface area contributed by atoms with E-state index in [2.05, 4.69) is 5.32 Å². The molecule has 1 aliphatic heterocycles. The third-order valence-corrected chi connectivity index (χ3v) is 4.83.